The van der Waals surface area contributed by atoms with Crippen molar-refractivity contribution in [3.05, 3.63) is 28.8 Å². The molecule has 0 bridgehead atoms. The van der Waals surface area contributed by atoms with Gasteiger partial charge in [-0.1, -0.05) is 11.6 Å². The number of anilines is 1. The van der Waals surface area contributed by atoms with Gasteiger partial charge in [0.2, 0.25) is 0 Å². The number of benzene rings is 1. The first-order valence-corrected chi connectivity index (χ1v) is 7.18. The summed E-state index contributed by atoms with van der Waals surface area (Å²) in [5.74, 6) is 0. The van der Waals surface area contributed by atoms with Gasteiger partial charge in [0, 0.05) is 29.3 Å². The Kier molecular flexibility index (Phi) is 5.35. The quantitative estimate of drug-likeness (QED) is 0.889. The molecule has 0 aromatic heterocycles. The number of rotatable bonds is 4. The highest BCUT2D eigenvalue weighted by molar-refractivity contribution is 6.30. The molecule has 1 aromatic carbocycles. The Morgan fingerprint density at radius 1 is 1.43 bits per heavy atom. The van der Waals surface area contributed by atoms with Crippen LogP contribution in [0.25, 0.3) is 0 Å². The van der Waals surface area contributed by atoms with Crippen molar-refractivity contribution in [3.8, 4) is 0 Å². The highest BCUT2D eigenvalue weighted by Gasteiger charge is 2.31. The van der Waals surface area contributed by atoms with Gasteiger partial charge in [0.05, 0.1) is 18.8 Å². The fraction of sp³-hybridized carbons (Fsp3) is 0.571. The van der Waals surface area contributed by atoms with Crippen LogP contribution in [0.1, 0.15) is 18.9 Å². The van der Waals surface area contributed by atoms with Crippen LogP contribution in [0, 0.1) is 0 Å². The number of morpholine rings is 1. The molecule has 3 nitrogen and oxygen atoms in total. The third kappa shape index (κ3) is 5.05. The molecule has 118 valence electrons. The van der Waals surface area contributed by atoms with Gasteiger partial charge in [0.15, 0.2) is 0 Å². The lowest BCUT2D eigenvalue weighted by Crippen LogP contribution is -2.43. The van der Waals surface area contributed by atoms with Crippen molar-refractivity contribution in [2.24, 2.45) is 0 Å². The van der Waals surface area contributed by atoms with Gasteiger partial charge in [-0.15, -0.1) is 0 Å². The van der Waals surface area contributed by atoms with Crippen LogP contribution in [0.15, 0.2) is 18.2 Å². The van der Waals surface area contributed by atoms with Gasteiger partial charge in [0.25, 0.3) is 0 Å². The van der Waals surface area contributed by atoms with Crippen LogP contribution in [0.5, 0.6) is 0 Å². The molecule has 2 unspecified atom stereocenters. The summed E-state index contributed by atoms with van der Waals surface area (Å²) in [6, 6.07) is 3.71. The van der Waals surface area contributed by atoms with Crippen molar-refractivity contribution < 1.29 is 17.9 Å². The van der Waals surface area contributed by atoms with E-state index in [0.717, 1.165) is 25.1 Å². The topological polar surface area (TPSA) is 33.3 Å². The lowest BCUT2D eigenvalue weighted by molar-refractivity contribution is -0.137. The first-order chi connectivity index (χ1) is 9.84. The van der Waals surface area contributed by atoms with Crippen LogP contribution in [-0.4, -0.2) is 31.8 Å². The molecule has 0 spiro atoms. The van der Waals surface area contributed by atoms with E-state index in [-0.39, 0.29) is 17.1 Å². The Morgan fingerprint density at radius 3 is 2.81 bits per heavy atom. The second-order valence-electron chi connectivity index (χ2n) is 5.23. The molecule has 0 saturated carbocycles. The SMILES string of the molecule is CC(CC1COCCN1)Nc1cc(Cl)cc(C(F)(F)F)c1. The van der Waals surface area contributed by atoms with Crippen molar-refractivity contribution in [3.63, 3.8) is 0 Å². The summed E-state index contributed by atoms with van der Waals surface area (Å²) >= 11 is 5.76. The van der Waals surface area contributed by atoms with Crippen LogP contribution in [0.4, 0.5) is 18.9 Å². The van der Waals surface area contributed by atoms with Gasteiger partial charge >= 0.3 is 6.18 Å². The maximum atomic E-state index is 12.7. The summed E-state index contributed by atoms with van der Waals surface area (Å²) in [5, 5.41) is 6.44. The Balaban J connectivity index is 1.99. The van der Waals surface area contributed by atoms with E-state index in [0.29, 0.717) is 18.9 Å². The van der Waals surface area contributed by atoms with E-state index in [1.54, 1.807) is 0 Å². The minimum absolute atomic E-state index is 0.00347. The van der Waals surface area contributed by atoms with Gasteiger partial charge in [0.1, 0.15) is 0 Å². The summed E-state index contributed by atoms with van der Waals surface area (Å²) in [4.78, 5) is 0. The van der Waals surface area contributed by atoms with E-state index in [2.05, 4.69) is 10.6 Å². The normalized spacial score (nSPS) is 21.1. The molecule has 1 aliphatic heterocycles. The summed E-state index contributed by atoms with van der Waals surface area (Å²) in [6.45, 7) is 4.04. The monoisotopic (exact) mass is 322 g/mol. The van der Waals surface area contributed by atoms with Crippen molar-refractivity contribution in [2.45, 2.75) is 31.6 Å². The number of nitrogens with one attached hydrogen (secondary N) is 2. The molecule has 7 heteroatoms. The molecule has 1 aromatic rings. The maximum Gasteiger partial charge on any atom is 0.416 e. The minimum atomic E-state index is -4.40. The molecule has 0 radical (unpaired) electrons. The number of ether oxygens (including phenoxy) is 1. The molecule has 21 heavy (non-hydrogen) atoms. The van der Waals surface area contributed by atoms with E-state index in [1.807, 2.05) is 6.92 Å². The van der Waals surface area contributed by atoms with Crippen molar-refractivity contribution in [1.82, 2.24) is 5.32 Å². The maximum absolute atomic E-state index is 12.7. The van der Waals surface area contributed by atoms with Gasteiger partial charge in [-0.05, 0) is 31.5 Å². The van der Waals surface area contributed by atoms with E-state index in [4.69, 9.17) is 16.3 Å². The smallest absolute Gasteiger partial charge is 0.382 e. The zero-order valence-electron chi connectivity index (χ0n) is 11.6. The highest BCUT2D eigenvalue weighted by Crippen LogP contribution is 2.33. The molecule has 2 rings (SSSR count). The van der Waals surface area contributed by atoms with Crippen LogP contribution in [0.2, 0.25) is 5.02 Å². The summed E-state index contributed by atoms with van der Waals surface area (Å²) in [7, 11) is 0. The van der Waals surface area contributed by atoms with Gasteiger partial charge in [-0.2, -0.15) is 13.2 Å². The second-order valence-corrected chi connectivity index (χ2v) is 5.67. The Labute approximate surface area is 126 Å². The molecule has 0 amide bonds. The largest absolute Gasteiger partial charge is 0.416 e. The molecular weight excluding hydrogens is 305 g/mol. The predicted molar refractivity (Wildman–Crippen MR) is 76.8 cm³/mol. The lowest BCUT2D eigenvalue weighted by Gasteiger charge is -2.27. The van der Waals surface area contributed by atoms with Gasteiger partial charge in [-0.3, -0.25) is 0 Å². The molecule has 1 aliphatic rings. The summed E-state index contributed by atoms with van der Waals surface area (Å²) in [6.07, 6.45) is -3.64. The summed E-state index contributed by atoms with van der Waals surface area (Å²) in [5.41, 5.74) is -0.372. The standard InChI is InChI=1S/C14H18ClF3N2O/c1-9(4-13-8-21-3-2-19-13)20-12-6-10(14(16,17)18)5-11(15)7-12/h5-7,9,13,19-20H,2-4,8H2,1H3. The number of halogens is 4. The fourth-order valence-corrected chi connectivity index (χ4v) is 2.61. The Hall–Kier alpha value is -0.980. The average molecular weight is 323 g/mol. The molecule has 1 saturated heterocycles. The van der Waals surface area contributed by atoms with Crippen molar-refractivity contribution >= 4 is 17.3 Å². The third-order valence-electron chi connectivity index (χ3n) is 3.27. The van der Waals surface area contributed by atoms with Crippen LogP contribution in [0.3, 0.4) is 0 Å². The summed E-state index contributed by atoms with van der Waals surface area (Å²) < 4.78 is 43.6. The third-order valence-corrected chi connectivity index (χ3v) is 3.49. The van der Waals surface area contributed by atoms with Crippen molar-refractivity contribution in [1.29, 1.82) is 0 Å². The molecule has 2 atom stereocenters. The Bertz CT molecular complexity index is 476. The molecular formula is C14H18ClF3N2O. The minimum Gasteiger partial charge on any atom is -0.382 e. The first-order valence-electron chi connectivity index (χ1n) is 6.80. The first kappa shape index (κ1) is 16.4. The molecule has 1 fully saturated rings. The molecule has 2 N–H and O–H groups in total. The van der Waals surface area contributed by atoms with Crippen LogP contribution < -0.4 is 10.6 Å². The zero-order valence-corrected chi connectivity index (χ0v) is 12.4. The predicted octanol–water partition coefficient (Wildman–Crippen LogP) is 3.54. The van der Waals surface area contributed by atoms with E-state index in [1.165, 1.54) is 6.07 Å². The number of hydrogen-bond donors (Lipinski definition) is 2. The lowest BCUT2D eigenvalue weighted by atomic mass is 10.1. The van der Waals surface area contributed by atoms with E-state index in [9.17, 15) is 13.2 Å². The van der Waals surface area contributed by atoms with Crippen LogP contribution >= 0.6 is 11.6 Å². The fourth-order valence-electron chi connectivity index (χ4n) is 2.38. The van der Waals surface area contributed by atoms with Gasteiger partial charge < -0.3 is 15.4 Å². The van der Waals surface area contributed by atoms with Gasteiger partial charge in [-0.25, -0.2) is 0 Å². The number of hydrogen-bond acceptors (Lipinski definition) is 3. The molecule has 1 heterocycles. The average Bonchev–Trinajstić information content (AvgIpc) is 2.37. The van der Waals surface area contributed by atoms with E-state index >= 15 is 0 Å². The highest BCUT2D eigenvalue weighted by atomic mass is 35.5. The van der Waals surface area contributed by atoms with Crippen molar-refractivity contribution in [2.75, 3.05) is 25.1 Å². The van der Waals surface area contributed by atoms with E-state index < -0.39 is 11.7 Å². The zero-order chi connectivity index (χ0) is 15.5. The molecule has 0 aliphatic carbocycles. The number of alkyl halides is 3. The van der Waals surface area contributed by atoms with Crippen LogP contribution in [-0.2, 0) is 10.9 Å². The second kappa shape index (κ2) is 6.85. The Morgan fingerprint density at radius 2 is 2.19 bits per heavy atom.